The van der Waals surface area contributed by atoms with Gasteiger partial charge in [0, 0.05) is 18.8 Å². The summed E-state index contributed by atoms with van der Waals surface area (Å²) in [4.78, 5) is 8.57. The third-order valence-electron chi connectivity index (χ3n) is 3.95. The van der Waals surface area contributed by atoms with Gasteiger partial charge in [-0.05, 0) is 34.7 Å². The lowest BCUT2D eigenvalue weighted by atomic mass is 9.87. The summed E-state index contributed by atoms with van der Waals surface area (Å²) in [5, 5.41) is 3.67. The third kappa shape index (κ3) is 2.98. The second-order valence-corrected chi connectivity index (χ2v) is 6.35. The average molecular weight is 323 g/mol. The molecule has 1 saturated carbocycles. The highest BCUT2D eigenvalue weighted by atomic mass is 79.9. The van der Waals surface area contributed by atoms with Crippen LogP contribution in [-0.4, -0.2) is 20.4 Å². The largest absolute Gasteiger partial charge is 0.308 e. The van der Waals surface area contributed by atoms with Crippen LogP contribution in [0.15, 0.2) is 23.2 Å². The van der Waals surface area contributed by atoms with Gasteiger partial charge in [-0.2, -0.15) is 0 Å². The van der Waals surface area contributed by atoms with Crippen molar-refractivity contribution < 1.29 is 0 Å². The van der Waals surface area contributed by atoms with E-state index in [0.717, 1.165) is 22.7 Å². The summed E-state index contributed by atoms with van der Waals surface area (Å²) >= 11 is 3.41. The number of hydrogen-bond acceptors (Lipinski definition) is 3. The summed E-state index contributed by atoms with van der Waals surface area (Å²) in [7, 11) is 0. The van der Waals surface area contributed by atoms with Crippen molar-refractivity contribution in [2.45, 2.75) is 45.2 Å². The molecule has 1 fully saturated rings. The predicted octanol–water partition coefficient (Wildman–Crippen LogP) is 3.16. The fraction of sp³-hybridized carbons (Fsp3) is 0.571. The Labute approximate surface area is 121 Å². The van der Waals surface area contributed by atoms with E-state index >= 15 is 0 Å². The van der Waals surface area contributed by atoms with Crippen molar-refractivity contribution in [1.29, 1.82) is 0 Å². The van der Waals surface area contributed by atoms with Gasteiger partial charge < -0.3 is 5.32 Å². The van der Waals surface area contributed by atoms with Crippen molar-refractivity contribution in [3.63, 3.8) is 0 Å². The zero-order valence-corrected chi connectivity index (χ0v) is 12.7. The number of aromatic nitrogens is 3. The van der Waals surface area contributed by atoms with Crippen LogP contribution < -0.4 is 5.32 Å². The van der Waals surface area contributed by atoms with Crippen LogP contribution >= 0.6 is 15.9 Å². The number of nitrogens with one attached hydrogen (secondary N) is 1. The Kier molecular flexibility index (Phi) is 3.84. The lowest BCUT2D eigenvalue weighted by molar-refractivity contribution is 0.299. The predicted molar refractivity (Wildman–Crippen MR) is 78.9 cm³/mol. The molecule has 2 unspecified atom stereocenters. The summed E-state index contributed by atoms with van der Waals surface area (Å²) in [5.41, 5.74) is 2.09. The van der Waals surface area contributed by atoms with Crippen molar-refractivity contribution in [2.24, 2.45) is 5.92 Å². The van der Waals surface area contributed by atoms with E-state index in [1.54, 1.807) is 6.20 Å². The molecule has 2 heterocycles. The fourth-order valence-corrected chi connectivity index (χ4v) is 3.22. The minimum absolute atomic E-state index is 0.652. The van der Waals surface area contributed by atoms with Crippen molar-refractivity contribution in [3.8, 4) is 0 Å². The summed E-state index contributed by atoms with van der Waals surface area (Å²) in [6.07, 6.45) is 11.0. The maximum atomic E-state index is 4.38. The highest BCUT2D eigenvalue weighted by Gasteiger charge is 2.18. The molecule has 2 aromatic rings. The Morgan fingerprint density at radius 2 is 2.26 bits per heavy atom. The maximum absolute atomic E-state index is 4.38. The Hall–Kier alpha value is -0.940. The number of fused-ring (bicyclic) bond motifs is 1. The molecular weight excluding hydrogens is 304 g/mol. The molecule has 3 rings (SSSR count). The zero-order valence-electron chi connectivity index (χ0n) is 11.1. The summed E-state index contributed by atoms with van der Waals surface area (Å²) in [5.74, 6) is 0.853. The van der Waals surface area contributed by atoms with Crippen molar-refractivity contribution in [1.82, 2.24) is 19.7 Å². The SMILES string of the molecule is CC1CCCC(NCc2cnc3cnc(Br)cn23)C1. The van der Waals surface area contributed by atoms with Gasteiger partial charge in [0.15, 0.2) is 5.65 Å². The van der Waals surface area contributed by atoms with Crippen LogP contribution in [0.5, 0.6) is 0 Å². The lowest BCUT2D eigenvalue weighted by Crippen LogP contribution is -2.33. The molecule has 4 nitrogen and oxygen atoms in total. The fourth-order valence-electron chi connectivity index (χ4n) is 2.92. The summed E-state index contributed by atoms with van der Waals surface area (Å²) in [6, 6.07) is 0.652. The molecule has 0 spiro atoms. The number of halogens is 1. The molecule has 1 aliphatic rings. The molecule has 102 valence electrons. The van der Waals surface area contributed by atoms with Gasteiger partial charge in [0.05, 0.1) is 18.1 Å². The molecule has 0 bridgehead atoms. The Balaban J connectivity index is 1.69. The molecule has 0 radical (unpaired) electrons. The van der Waals surface area contributed by atoms with Crippen molar-refractivity contribution in [2.75, 3.05) is 0 Å². The van der Waals surface area contributed by atoms with E-state index in [-0.39, 0.29) is 0 Å². The van der Waals surface area contributed by atoms with Gasteiger partial charge in [-0.3, -0.25) is 4.40 Å². The molecule has 19 heavy (non-hydrogen) atoms. The minimum Gasteiger partial charge on any atom is -0.308 e. The van der Waals surface area contributed by atoms with Crippen LogP contribution in [0, 0.1) is 5.92 Å². The second kappa shape index (κ2) is 5.59. The Morgan fingerprint density at radius 3 is 3.11 bits per heavy atom. The molecule has 0 aliphatic heterocycles. The normalized spacial score (nSPS) is 23.9. The van der Waals surface area contributed by atoms with Crippen molar-refractivity contribution >= 4 is 21.6 Å². The van der Waals surface area contributed by atoms with Gasteiger partial charge in [0.25, 0.3) is 0 Å². The van der Waals surface area contributed by atoms with Crippen molar-refractivity contribution in [3.05, 3.63) is 28.9 Å². The van der Waals surface area contributed by atoms with E-state index < -0.39 is 0 Å². The van der Waals surface area contributed by atoms with Gasteiger partial charge in [-0.1, -0.05) is 19.8 Å². The van der Waals surface area contributed by atoms with E-state index in [1.807, 2.05) is 12.4 Å². The van der Waals surface area contributed by atoms with Gasteiger partial charge in [0.1, 0.15) is 4.60 Å². The number of nitrogens with zero attached hydrogens (tertiary/aromatic N) is 3. The first-order valence-corrected chi connectivity index (χ1v) is 7.72. The van der Waals surface area contributed by atoms with Crippen LogP contribution in [-0.2, 0) is 6.54 Å². The quantitative estimate of drug-likeness (QED) is 0.943. The highest BCUT2D eigenvalue weighted by Crippen LogP contribution is 2.23. The first-order chi connectivity index (χ1) is 9.22. The molecule has 1 aliphatic carbocycles. The van der Waals surface area contributed by atoms with Gasteiger partial charge in [-0.25, -0.2) is 9.97 Å². The Morgan fingerprint density at radius 1 is 1.37 bits per heavy atom. The number of rotatable bonds is 3. The van der Waals surface area contributed by atoms with E-state index in [4.69, 9.17) is 0 Å². The van der Waals surface area contributed by atoms with E-state index in [2.05, 4.69) is 42.5 Å². The Bertz CT molecular complexity index is 566. The van der Waals surface area contributed by atoms with E-state index in [9.17, 15) is 0 Å². The molecule has 1 N–H and O–H groups in total. The number of imidazole rings is 1. The van der Waals surface area contributed by atoms with Crippen LogP contribution in [0.1, 0.15) is 38.3 Å². The van der Waals surface area contributed by atoms with Crippen LogP contribution in [0.3, 0.4) is 0 Å². The minimum atomic E-state index is 0.652. The van der Waals surface area contributed by atoms with E-state index in [1.165, 1.54) is 31.4 Å². The molecule has 0 saturated heterocycles. The zero-order chi connectivity index (χ0) is 13.2. The first kappa shape index (κ1) is 13.1. The lowest BCUT2D eigenvalue weighted by Gasteiger charge is -2.27. The van der Waals surface area contributed by atoms with Gasteiger partial charge in [-0.15, -0.1) is 0 Å². The summed E-state index contributed by atoms with van der Waals surface area (Å²) in [6.45, 7) is 3.22. The first-order valence-electron chi connectivity index (χ1n) is 6.93. The monoisotopic (exact) mass is 322 g/mol. The molecule has 0 aromatic carbocycles. The van der Waals surface area contributed by atoms with Gasteiger partial charge in [0.2, 0.25) is 0 Å². The summed E-state index contributed by atoms with van der Waals surface area (Å²) < 4.78 is 2.93. The average Bonchev–Trinajstić information content (AvgIpc) is 2.79. The van der Waals surface area contributed by atoms with Gasteiger partial charge >= 0.3 is 0 Å². The molecule has 5 heteroatoms. The van der Waals surface area contributed by atoms with Crippen LogP contribution in [0.25, 0.3) is 5.65 Å². The highest BCUT2D eigenvalue weighted by molar-refractivity contribution is 9.10. The van der Waals surface area contributed by atoms with Crippen LogP contribution in [0.4, 0.5) is 0 Å². The van der Waals surface area contributed by atoms with Crippen LogP contribution in [0.2, 0.25) is 0 Å². The topological polar surface area (TPSA) is 42.2 Å². The molecule has 2 aromatic heterocycles. The third-order valence-corrected chi connectivity index (χ3v) is 4.36. The van der Waals surface area contributed by atoms with E-state index in [0.29, 0.717) is 6.04 Å². The molecule has 0 amide bonds. The number of hydrogen-bond donors (Lipinski definition) is 1. The smallest absolute Gasteiger partial charge is 0.155 e. The standard InChI is InChI=1S/C14H19BrN4/c1-10-3-2-4-11(5-10)16-6-12-7-18-14-8-17-13(15)9-19(12)14/h7-11,16H,2-6H2,1H3. The maximum Gasteiger partial charge on any atom is 0.155 e. The second-order valence-electron chi connectivity index (χ2n) is 5.54. The molecule has 2 atom stereocenters. The molecular formula is C14H19BrN4.